The number of aliphatic hydroxyl groups is 2. The molecule has 1 aromatic heterocycles. The molecule has 11 heteroatoms. The molecule has 2 unspecified atom stereocenters. The number of nitrogens with zero attached hydrogens (tertiary/aromatic N) is 1. The summed E-state index contributed by atoms with van der Waals surface area (Å²) in [5.41, 5.74) is 4.20. The van der Waals surface area contributed by atoms with Gasteiger partial charge in [-0.2, -0.15) is 0 Å². The second-order valence-electron chi connectivity index (χ2n) is 9.05. The van der Waals surface area contributed by atoms with Crippen molar-refractivity contribution in [3.63, 3.8) is 0 Å². The summed E-state index contributed by atoms with van der Waals surface area (Å²) in [7, 11) is 0. The molecule has 1 aromatic carbocycles. The number of amides is 2. The molecule has 0 aliphatic carbocycles. The van der Waals surface area contributed by atoms with Crippen LogP contribution in [0.3, 0.4) is 0 Å². The first kappa shape index (κ1) is 30.7. The first-order chi connectivity index (χ1) is 17.9. The van der Waals surface area contributed by atoms with E-state index in [4.69, 9.17) is 15.3 Å². The van der Waals surface area contributed by atoms with Crippen molar-refractivity contribution in [2.75, 3.05) is 31.5 Å². The van der Waals surface area contributed by atoms with Crippen molar-refractivity contribution >= 4 is 35.1 Å². The van der Waals surface area contributed by atoms with Crippen molar-refractivity contribution in [2.24, 2.45) is 0 Å². The Kier molecular flexibility index (Phi) is 11.2. The number of hydrogen-bond donors (Lipinski definition) is 6. The molecular weight excluding hydrogens is 495 g/mol. The van der Waals surface area contributed by atoms with Crippen LogP contribution in [0.1, 0.15) is 60.1 Å². The van der Waals surface area contributed by atoms with Crippen LogP contribution in [0.15, 0.2) is 18.2 Å². The number of fused-ring (bicyclic) bond motifs is 1. The van der Waals surface area contributed by atoms with E-state index in [-0.39, 0.29) is 11.8 Å². The van der Waals surface area contributed by atoms with Gasteiger partial charge in [0, 0.05) is 35.7 Å². The number of halogens is 1. The molecule has 38 heavy (non-hydrogen) atoms. The molecule has 0 radical (unpaired) electrons. The highest BCUT2D eigenvalue weighted by molar-refractivity contribution is 6.34. The monoisotopic (exact) mass is 532 g/mol. The summed E-state index contributed by atoms with van der Waals surface area (Å²) in [6, 6.07) is 4.20. The van der Waals surface area contributed by atoms with E-state index in [0.29, 0.717) is 34.6 Å². The molecule has 6 N–H and O–H groups in total. The zero-order valence-electron chi connectivity index (χ0n) is 22.4. The zero-order valence-corrected chi connectivity index (χ0v) is 22.4. The number of aryl methyl sites for hydroxylation is 1. The fraction of sp³-hybridized carbons (Fsp3) is 0.444. The van der Waals surface area contributed by atoms with Crippen molar-refractivity contribution in [1.29, 1.82) is 0 Å². The molecule has 1 aliphatic heterocycles. The number of H-pyrrole nitrogens is 1. The first-order valence-corrected chi connectivity index (χ1v) is 12.5. The molecule has 208 valence electrons. The molecule has 0 spiro atoms. The third kappa shape index (κ3) is 7.98. The van der Waals surface area contributed by atoms with Crippen LogP contribution in [0, 0.1) is 19.7 Å². The number of benzene rings is 1. The van der Waals surface area contributed by atoms with Crippen LogP contribution in [0.4, 0.5) is 10.1 Å². The highest BCUT2D eigenvalue weighted by Gasteiger charge is 2.26. The summed E-state index contributed by atoms with van der Waals surface area (Å²) in [5.74, 6) is -1.94. The Morgan fingerprint density at radius 1 is 1.18 bits per heavy atom. The summed E-state index contributed by atoms with van der Waals surface area (Å²) in [5, 5.41) is 31.0. The molecule has 0 bridgehead atoms. The lowest BCUT2D eigenvalue weighted by Crippen LogP contribution is -2.35. The van der Waals surface area contributed by atoms with Crippen molar-refractivity contribution in [1.82, 2.24) is 15.2 Å². The maximum Gasteiger partial charge on any atom is 0.306 e. The van der Waals surface area contributed by atoms with Crippen LogP contribution >= 0.6 is 0 Å². The molecule has 0 saturated carbocycles. The number of aromatic nitrogens is 1. The van der Waals surface area contributed by atoms with Gasteiger partial charge in [0.05, 0.1) is 29.8 Å². The van der Waals surface area contributed by atoms with Gasteiger partial charge < -0.3 is 35.8 Å². The standard InChI is InChI=1S/C22H27FN4O2.C5H10O4/c1-5-27(6-2)10-9-24-22(29)20-13(3)19(25-14(20)4)12-17-16-11-15(23)7-8-18(16)26-21(17)28;1-3(6)4(7)2-5(8)9/h7-8,11-12,25H,5-6,9-10H2,1-4H3,(H,24,29)(H,26,28);3-4,6-7H,2H2,1H3,(H,8,9)/b17-12-;. The second-order valence-corrected chi connectivity index (χ2v) is 9.05. The highest BCUT2D eigenvalue weighted by Crippen LogP contribution is 2.34. The van der Waals surface area contributed by atoms with Gasteiger partial charge in [0.25, 0.3) is 11.8 Å². The number of anilines is 1. The number of carboxylic acid groups (broad SMARTS) is 1. The van der Waals surface area contributed by atoms with Gasteiger partial charge in [-0.3, -0.25) is 14.4 Å². The van der Waals surface area contributed by atoms with Crippen LogP contribution in [0.2, 0.25) is 0 Å². The normalized spacial score (nSPS) is 15.0. The SMILES string of the molecule is CC(O)C(O)CC(=O)O.CCN(CC)CCNC(=O)c1c(C)[nH]c(/C=C2\C(=O)Nc3ccc(F)cc32)c1C. The van der Waals surface area contributed by atoms with Crippen molar-refractivity contribution in [3.05, 3.63) is 52.1 Å². The molecule has 2 amide bonds. The van der Waals surface area contributed by atoms with E-state index in [9.17, 15) is 18.8 Å². The molecular formula is C27H37FN4O6. The van der Waals surface area contributed by atoms with Gasteiger partial charge >= 0.3 is 5.97 Å². The van der Waals surface area contributed by atoms with Crippen molar-refractivity contribution in [2.45, 2.75) is 53.2 Å². The van der Waals surface area contributed by atoms with Crippen molar-refractivity contribution in [3.8, 4) is 0 Å². The van der Waals surface area contributed by atoms with Gasteiger partial charge in [0.1, 0.15) is 5.82 Å². The minimum Gasteiger partial charge on any atom is -0.481 e. The Labute approximate surface area is 221 Å². The largest absolute Gasteiger partial charge is 0.481 e. The fourth-order valence-electron chi connectivity index (χ4n) is 4.01. The number of rotatable bonds is 10. The van der Waals surface area contributed by atoms with Crippen molar-refractivity contribution < 1.29 is 34.1 Å². The summed E-state index contributed by atoms with van der Waals surface area (Å²) in [6.45, 7) is 12.4. The number of aromatic amines is 1. The van der Waals surface area contributed by atoms with Crippen LogP contribution in [-0.2, 0) is 9.59 Å². The minimum absolute atomic E-state index is 0.143. The molecule has 3 rings (SSSR count). The van der Waals surface area contributed by atoms with Crippen LogP contribution in [0.25, 0.3) is 11.6 Å². The van der Waals surface area contributed by atoms with E-state index in [0.717, 1.165) is 30.9 Å². The Hall–Kier alpha value is -3.54. The molecule has 0 saturated heterocycles. The van der Waals surface area contributed by atoms with E-state index in [1.807, 2.05) is 13.8 Å². The van der Waals surface area contributed by atoms with Gasteiger partial charge in [-0.15, -0.1) is 0 Å². The lowest BCUT2D eigenvalue weighted by molar-refractivity contribution is -0.140. The van der Waals surface area contributed by atoms with Gasteiger partial charge in [-0.1, -0.05) is 13.8 Å². The summed E-state index contributed by atoms with van der Waals surface area (Å²) in [4.78, 5) is 40.3. The van der Waals surface area contributed by atoms with E-state index < -0.39 is 30.4 Å². The Morgan fingerprint density at radius 3 is 2.39 bits per heavy atom. The average Bonchev–Trinajstić information content (AvgIpc) is 3.31. The van der Waals surface area contributed by atoms with Gasteiger partial charge in [-0.05, 0) is 63.7 Å². The topological polar surface area (TPSA) is 155 Å². The smallest absolute Gasteiger partial charge is 0.306 e. The Morgan fingerprint density at radius 2 is 1.84 bits per heavy atom. The molecule has 0 fully saturated rings. The molecule has 10 nitrogen and oxygen atoms in total. The third-order valence-electron chi connectivity index (χ3n) is 6.31. The number of likely N-dealkylation sites (N-methyl/N-ethyl adjacent to an activating group) is 1. The van der Waals surface area contributed by atoms with E-state index in [1.54, 1.807) is 12.1 Å². The molecule has 2 heterocycles. The maximum absolute atomic E-state index is 13.7. The quantitative estimate of drug-likeness (QED) is 0.257. The molecule has 2 aromatic rings. The number of nitrogens with one attached hydrogen (secondary N) is 3. The first-order valence-electron chi connectivity index (χ1n) is 12.5. The lowest BCUT2D eigenvalue weighted by Gasteiger charge is -2.18. The lowest BCUT2D eigenvalue weighted by atomic mass is 10.0. The minimum atomic E-state index is -1.15. The Bertz CT molecular complexity index is 1190. The third-order valence-corrected chi connectivity index (χ3v) is 6.31. The van der Waals surface area contributed by atoms with E-state index >= 15 is 0 Å². The number of carbonyl (C=O) groups is 3. The number of carbonyl (C=O) groups excluding carboxylic acids is 2. The second kappa shape index (κ2) is 13.8. The number of aliphatic hydroxyl groups excluding tert-OH is 2. The molecule has 2 atom stereocenters. The van der Waals surface area contributed by atoms with Gasteiger partial charge in [0.2, 0.25) is 0 Å². The number of aliphatic carboxylic acids is 1. The fourth-order valence-corrected chi connectivity index (χ4v) is 4.01. The number of carboxylic acids is 1. The summed E-state index contributed by atoms with van der Waals surface area (Å²) < 4.78 is 13.7. The van der Waals surface area contributed by atoms with Crippen LogP contribution in [0.5, 0.6) is 0 Å². The highest BCUT2D eigenvalue weighted by atomic mass is 19.1. The zero-order chi connectivity index (χ0) is 28.6. The van der Waals surface area contributed by atoms with Gasteiger partial charge in [-0.25, -0.2) is 4.39 Å². The van der Waals surface area contributed by atoms with Crippen LogP contribution in [-0.4, -0.2) is 81.4 Å². The van der Waals surface area contributed by atoms with Gasteiger partial charge in [0.15, 0.2) is 0 Å². The predicted octanol–water partition coefficient (Wildman–Crippen LogP) is 2.54. The molecule has 1 aliphatic rings. The average molecular weight is 533 g/mol. The maximum atomic E-state index is 13.7. The number of hydrogen-bond acceptors (Lipinski definition) is 6. The van der Waals surface area contributed by atoms with Crippen LogP contribution < -0.4 is 10.6 Å². The summed E-state index contributed by atoms with van der Waals surface area (Å²) >= 11 is 0. The summed E-state index contributed by atoms with van der Waals surface area (Å²) in [6.07, 6.45) is -0.851. The van der Waals surface area contributed by atoms with E-state index in [1.165, 1.54) is 19.1 Å². The Balaban J connectivity index is 0.000000484. The predicted molar refractivity (Wildman–Crippen MR) is 143 cm³/mol. The van der Waals surface area contributed by atoms with E-state index in [2.05, 4.69) is 34.4 Å².